The van der Waals surface area contributed by atoms with E-state index in [-0.39, 0.29) is 19.7 Å². The van der Waals surface area contributed by atoms with Gasteiger partial charge in [-0.25, -0.2) is 4.79 Å². The van der Waals surface area contributed by atoms with E-state index in [1.807, 2.05) is 30.3 Å². The molecule has 0 spiro atoms. The van der Waals surface area contributed by atoms with Crippen molar-refractivity contribution in [3.63, 3.8) is 0 Å². The van der Waals surface area contributed by atoms with Gasteiger partial charge in [0.1, 0.15) is 6.61 Å². The Morgan fingerprint density at radius 3 is 2.50 bits per heavy atom. The van der Waals surface area contributed by atoms with Crippen LogP contribution in [-0.4, -0.2) is 40.7 Å². The zero-order chi connectivity index (χ0) is 13.2. The molecule has 0 saturated carbocycles. The normalized spacial score (nSPS) is 16.8. The van der Waals surface area contributed by atoms with Crippen molar-refractivity contribution < 1.29 is 19.4 Å². The van der Waals surface area contributed by atoms with E-state index in [0.717, 1.165) is 5.56 Å². The summed E-state index contributed by atoms with van der Waals surface area (Å²) < 4.78 is 5.03. The quantitative estimate of drug-likeness (QED) is 0.780. The van der Waals surface area contributed by atoms with Crippen molar-refractivity contribution >= 4 is 12.0 Å². The number of amides is 2. The smallest absolute Gasteiger partial charge is 0.410 e. The maximum Gasteiger partial charge on any atom is 0.410 e. The molecule has 1 aromatic carbocycles. The number of hydrogen-bond donors (Lipinski definition) is 2. The number of rotatable bonds is 3. The Balaban J connectivity index is 1.80. The third-order valence-corrected chi connectivity index (χ3v) is 2.83. The van der Waals surface area contributed by atoms with E-state index in [1.165, 1.54) is 4.90 Å². The molecule has 1 heterocycles. The molecule has 2 rings (SSSR count). The first kappa shape index (κ1) is 12.4. The maximum atomic E-state index is 11.5. The molecule has 0 radical (unpaired) electrons. The van der Waals surface area contributed by atoms with Crippen molar-refractivity contribution in [2.75, 3.05) is 13.1 Å². The highest BCUT2D eigenvalue weighted by atomic mass is 16.6. The number of benzene rings is 1. The van der Waals surface area contributed by atoms with Gasteiger partial charge in [0.25, 0.3) is 5.91 Å². The Morgan fingerprint density at radius 2 is 1.94 bits per heavy atom. The number of β-amino-alcohol motifs (C(OH)–C–C–N with tert-alkyl or cyclic N) is 1. The predicted molar refractivity (Wildman–Crippen MR) is 62.3 cm³/mol. The average Bonchev–Trinajstić information content (AvgIpc) is 2.33. The SMILES string of the molecule is NC(=O)C1(O)CN(C(=O)OCc2ccccc2)C1. The predicted octanol–water partition coefficient (Wildman–Crippen LogP) is -0.145. The van der Waals surface area contributed by atoms with E-state index < -0.39 is 17.6 Å². The first-order chi connectivity index (χ1) is 8.51. The summed E-state index contributed by atoms with van der Waals surface area (Å²) in [4.78, 5) is 23.6. The van der Waals surface area contributed by atoms with Crippen molar-refractivity contribution in [3.8, 4) is 0 Å². The van der Waals surface area contributed by atoms with E-state index in [9.17, 15) is 14.7 Å². The second-order valence-corrected chi connectivity index (χ2v) is 4.29. The van der Waals surface area contributed by atoms with Crippen molar-refractivity contribution in [1.82, 2.24) is 4.90 Å². The Hall–Kier alpha value is -2.08. The summed E-state index contributed by atoms with van der Waals surface area (Å²) in [7, 11) is 0. The summed E-state index contributed by atoms with van der Waals surface area (Å²) in [6.45, 7) is -0.0723. The summed E-state index contributed by atoms with van der Waals surface area (Å²) in [6.07, 6.45) is -0.565. The van der Waals surface area contributed by atoms with E-state index in [2.05, 4.69) is 0 Å². The van der Waals surface area contributed by atoms with Gasteiger partial charge >= 0.3 is 6.09 Å². The molecule has 1 aliphatic heterocycles. The van der Waals surface area contributed by atoms with Gasteiger partial charge in [0.15, 0.2) is 5.60 Å². The molecule has 2 amide bonds. The molecule has 0 atom stereocenters. The molecule has 0 aliphatic carbocycles. The van der Waals surface area contributed by atoms with Gasteiger partial charge in [0.05, 0.1) is 13.1 Å². The van der Waals surface area contributed by atoms with Crippen molar-refractivity contribution in [3.05, 3.63) is 35.9 Å². The molecular formula is C12H14N2O4. The number of likely N-dealkylation sites (tertiary alicyclic amines) is 1. The number of primary amides is 1. The lowest BCUT2D eigenvalue weighted by Crippen LogP contribution is -2.69. The number of aliphatic hydroxyl groups is 1. The Bertz CT molecular complexity index is 454. The molecule has 1 saturated heterocycles. The van der Waals surface area contributed by atoms with E-state index in [1.54, 1.807) is 0 Å². The second kappa shape index (κ2) is 4.66. The summed E-state index contributed by atoms with van der Waals surface area (Å²) >= 11 is 0. The van der Waals surface area contributed by atoms with Gasteiger partial charge in [0.2, 0.25) is 0 Å². The van der Waals surface area contributed by atoms with Crippen LogP contribution in [0.3, 0.4) is 0 Å². The lowest BCUT2D eigenvalue weighted by molar-refractivity contribution is -0.152. The number of nitrogens with two attached hydrogens (primary N) is 1. The molecule has 0 unspecified atom stereocenters. The molecule has 6 nitrogen and oxygen atoms in total. The summed E-state index contributed by atoms with van der Waals surface area (Å²) in [6, 6.07) is 9.23. The van der Waals surface area contributed by atoms with Crippen molar-refractivity contribution in [2.24, 2.45) is 5.73 Å². The second-order valence-electron chi connectivity index (χ2n) is 4.29. The first-order valence-corrected chi connectivity index (χ1v) is 5.49. The van der Waals surface area contributed by atoms with Crippen LogP contribution in [0.2, 0.25) is 0 Å². The molecule has 18 heavy (non-hydrogen) atoms. The molecular weight excluding hydrogens is 236 g/mol. The molecule has 6 heteroatoms. The van der Waals surface area contributed by atoms with Gasteiger partial charge in [-0.1, -0.05) is 30.3 Å². The first-order valence-electron chi connectivity index (χ1n) is 5.49. The average molecular weight is 250 g/mol. The molecule has 96 valence electrons. The van der Waals surface area contributed by atoms with Crippen LogP contribution in [0.5, 0.6) is 0 Å². The monoisotopic (exact) mass is 250 g/mol. The highest BCUT2D eigenvalue weighted by Crippen LogP contribution is 2.21. The fourth-order valence-electron chi connectivity index (χ4n) is 1.68. The van der Waals surface area contributed by atoms with Gasteiger partial charge in [-0.3, -0.25) is 4.79 Å². The zero-order valence-corrected chi connectivity index (χ0v) is 9.70. The summed E-state index contributed by atoms with van der Waals surface area (Å²) in [5.41, 5.74) is 4.26. The maximum absolute atomic E-state index is 11.5. The van der Waals surface area contributed by atoms with Crippen LogP contribution in [0, 0.1) is 0 Å². The number of carbonyl (C=O) groups is 2. The van der Waals surface area contributed by atoms with Crippen LogP contribution in [0.1, 0.15) is 5.56 Å². The van der Waals surface area contributed by atoms with Crippen molar-refractivity contribution in [1.29, 1.82) is 0 Å². The lowest BCUT2D eigenvalue weighted by atomic mass is 9.94. The van der Waals surface area contributed by atoms with Crippen molar-refractivity contribution in [2.45, 2.75) is 12.2 Å². The highest BCUT2D eigenvalue weighted by molar-refractivity contribution is 5.87. The minimum absolute atomic E-state index is 0.115. The van der Waals surface area contributed by atoms with Gasteiger partial charge < -0.3 is 20.5 Å². The molecule has 0 aromatic heterocycles. The minimum Gasteiger partial charge on any atom is -0.445 e. The zero-order valence-electron chi connectivity index (χ0n) is 9.70. The molecule has 0 bridgehead atoms. The van der Waals surface area contributed by atoms with Crippen LogP contribution < -0.4 is 5.73 Å². The van der Waals surface area contributed by atoms with Crippen LogP contribution in [-0.2, 0) is 16.1 Å². The topological polar surface area (TPSA) is 92.9 Å². The third kappa shape index (κ3) is 2.43. The minimum atomic E-state index is -1.61. The number of ether oxygens (including phenoxy) is 1. The number of carbonyl (C=O) groups excluding carboxylic acids is 2. The largest absolute Gasteiger partial charge is 0.445 e. The Labute approximate surface area is 104 Å². The van der Waals surface area contributed by atoms with Gasteiger partial charge in [-0.2, -0.15) is 0 Å². The summed E-state index contributed by atoms with van der Waals surface area (Å²) in [5, 5.41) is 9.57. The molecule has 1 aromatic rings. The van der Waals surface area contributed by atoms with Crippen LogP contribution in [0.25, 0.3) is 0 Å². The van der Waals surface area contributed by atoms with Crippen LogP contribution >= 0.6 is 0 Å². The molecule has 1 aliphatic rings. The van der Waals surface area contributed by atoms with Gasteiger partial charge in [-0.05, 0) is 5.56 Å². The lowest BCUT2D eigenvalue weighted by Gasteiger charge is -2.42. The van der Waals surface area contributed by atoms with E-state index in [4.69, 9.17) is 10.5 Å². The Kier molecular flexibility index (Phi) is 3.20. The van der Waals surface area contributed by atoms with Gasteiger partial charge in [-0.15, -0.1) is 0 Å². The molecule has 1 fully saturated rings. The fraction of sp³-hybridized carbons (Fsp3) is 0.333. The number of hydrogen-bond acceptors (Lipinski definition) is 4. The highest BCUT2D eigenvalue weighted by Gasteiger charge is 2.49. The Morgan fingerprint density at radius 1 is 1.33 bits per heavy atom. The van der Waals surface area contributed by atoms with Crippen LogP contribution in [0.4, 0.5) is 4.79 Å². The number of nitrogens with zero attached hydrogens (tertiary/aromatic N) is 1. The van der Waals surface area contributed by atoms with E-state index in [0.29, 0.717) is 0 Å². The van der Waals surface area contributed by atoms with Gasteiger partial charge in [0, 0.05) is 0 Å². The molecule has 3 N–H and O–H groups in total. The van der Waals surface area contributed by atoms with E-state index >= 15 is 0 Å². The fourth-order valence-corrected chi connectivity index (χ4v) is 1.68. The van der Waals surface area contributed by atoms with Crippen LogP contribution in [0.15, 0.2) is 30.3 Å². The summed E-state index contributed by atoms with van der Waals surface area (Å²) in [5.74, 6) is -0.824. The third-order valence-electron chi connectivity index (χ3n) is 2.83. The standard InChI is InChI=1S/C12H14N2O4/c13-10(15)12(17)7-14(8-12)11(16)18-6-9-4-2-1-3-5-9/h1-5,17H,6-8H2,(H2,13,15).